The molecule has 0 bridgehead atoms. The van der Waals surface area contributed by atoms with Crippen molar-refractivity contribution in [3.8, 4) is 0 Å². The van der Waals surface area contributed by atoms with Crippen LogP contribution in [-0.2, 0) is 16.4 Å². The third kappa shape index (κ3) is 3.70. The van der Waals surface area contributed by atoms with Gasteiger partial charge in [0.05, 0.1) is 11.1 Å². The van der Waals surface area contributed by atoms with Gasteiger partial charge in [0, 0.05) is 31.1 Å². The van der Waals surface area contributed by atoms with Crippen molar-refractivity contribution in [2.45, 2.75) is 39.2 Å². The number of thiophene rings is 1. The molecule has 0 N–H and O–H groups in total. The zero-order chi connectivity index (χ0) is 16.5. The number of carbonyl (C=O) groups excluding carboxylic acids is 1. The zero-order valence-corrected chi connectivity index (χ0v) is 15.3. The lowest BCUT2D eigenvalue weighted by Gasteiger charge is -2.35. The van der Waals surface area contributed by atoms with E-state index >= 15 is 0 Å². The van der Waals surface area contributed by atoms with Crippen LogP contribution in [0, 0.1) is 6.92 Å². The number of amides is 1. The Morgan fingerprint density at radius 3 is 2.45 bits per heavy atom. The number of hydrogen-bond acceptors (Lipinski definition) is 4. The molecule has 1 aliphatic rings. The van der Waals surface area contributed by atoms with E-state index in [4.69, 9.17) is 0 Å². The standard InChI is InChI=1S/C15H24N2O3S2/c1-5-13-11(2)10-14(21-13)15(18)17-8-6-12(7-9-17)16(3)22(4,19)20/h10,12H,5-9H2,1-4H3. The number of rotatable bonds is 4. The summed E-state index contributed by atoms with van der Waals surface area (Å²) in [5.74, 6) is 0.0771. The number of hydrogen-bond donors (Lipinski definition) is 0. The van der Waals surface area contributed by atoms with Crippen LogP contribution in [0.25, 0.3) is 0 Å². The van der Waals surface area contributed by atoms with Crippen LogP contribution in [0.15, 0.2) is 6.07 Å². The Hall–Kier alpha value is -0.920. The molecule has 0 spiro atoms. The second-order valence-electron chi connectivity index (χ2n) is 5.87. The molecule has 0 aromatic carbocycles. The lowest BCUT2D eigenvalue weighted by atomic mass is 10.1. The van der Waals surface area contributed by atoms with Crippen LogP contribution in [0.2, 0.25) is 0 Å². The smallest absolute Gasteiger partial charge is 0.263 e. The summed E-state index contributed by atoms with van der Waals surface area (Å²) in [5.41, 5.74) is 1.18. The highest BCUT2D eigenvalue weighted by molar-refractivity contribution is 7.88. The fourth-order valence-corrected chi connectivity index (χ4v) is 4.67. The molecule has 7 heteroatoms. The van der Waals surface area contributed by atoms with Crippen molar-refractivity contribution in [2.75, 3.05) is 26.4 Å². The molecule has 0 atom stereocenters. The first-order chi connectivity index (χ1) is 10.2. The predicted molar refractivity (Wildman–Crippen MR) is 90.0 cm³/mol. The minimum Gasteiger partial charge on any atom is -0.338 e. The van der Waals surface area contributed by atoms with Crippen molar-refractivity contribution >= 4 is 27.3 Å². The molecule has 0 radical (unpaired) electrons. The van der Waals surface area contributed by atoms with Crippen molar-refractivity contribution in [3.63, 3.8) is 0 Å². The Labute approximate surface area is 137 Å². The molecule has 1 aromatic heterocycles. The molecule has 22 heavy (non-hydrogen) atoms. The lowest BCUT2D eigenvalue weighted by molar-refractivity contribution is 0.0691. The molecule has 1 saturated heterocycles. The third-order valence-corrected chi connectivity index (χ3v) is 7.06. The summed E-state index contributed by atoms with van der Waals surface area (Å²) in [7, 11) is -1.55. The number of piperidine rings is 1. The summed E-state index contributed by atoms with van der Waals surface area (Å²) in [5, 5.41) is 0. The lowest BCUT2D eigenvalue weighted by Crippen LogP contribution is -2.46. The fourth-order valence-electron chi connectivity index (χ4n) is 2.84. The van der Waals surface area contributed by atoms with Crippen molar-refractivity contribution in [1.29, 1.82) is 0 Å². The molecule has 0 saturated carbocycles. The molecule has 5 nitrogen and oxygen atoms in total. The maximum Gasteiger partial charge on any atom is 0.263 e. The summed E-state index contributed by atoms with van der Waals surface area (Å²) in [6, 6.07) is 1.97. The second-order valence-corrected chi connectivity index (χ2v) is 9.05. The molecular formula is C15H24N2O3S2. The summed E-state index contributed by atoms with van der Waals surface area (Å²) < 4.78 is 24.6. The van der Waals surface area contributed by atoms with Crippen LogP contribution in [-0.4, -0.2) is 56.0 Å². The molecular weight excluding hydrogens is 320 g/mol. The van der Waals surface area contributed by atoms with Crippen LogP contribution in [0.1, 0.15) is 39.9 Å². The molecule has 0 unspecified atom stereocenters. The highest BCUT2D eigenvalue weighted by atomic mass is 32.2. The maximum atomic E-state index is 12.6. The Kier molecular flexibility index (Phi) is 5.29. The predicted octanol–water partition coefficient (Wildman–Crippen LogP) is 2.11. The average Bonchev–Trinajstić information content (AvgIpc) is 2.86. The van der Waals surface area contributed by atoms with Crippen LogP contribution in [0.4, 0.5) is 0 Å². The monoisotopic (exact) mass is 344 g/mol. The topological polar surface area (TPSA) is 57.7 Å². The quantitative estimate of drug-likeness (QED) is 0.840. The first-order valence-corrected chi connectivity index (χ1v) is 10.2. The molecule has 0 aliphatic carbocycles. The van der Waals surface area contributed by atoms with Gasteiger partial charge in [-0.05, 0) is 37.8 Å². The van der Waals surface area contributed by atoms with Crippen LogP contribution in [0.5, 0.6) is 0 Å². The van der Waals surface area contributed by atoms with E-state index in [0.717, 1.165) is 11.3 Å². The van der Waals surface area contributed by atoms with Gasteiger partial charge in [-0.15, -0.1) is 11.3 Å². The van der Waals surface area contributed by atoms with E-state index in [9.17, 15) is 13.2 Å². The minimum absolute atomic E-state index is 0.00433. The van der Waals surface area contributed by atoms with Gasteiger partial charge in [0.2, 0.25) is 10.0 Å². The van der Waals surface area contributed by atoms with Gasteiger partial charge >= 0.3 is 0 Å². The van der Waals surface area contributed by atoms with Crippen molar-refractivity contribution in [3.05, 3.63) is 21.4 Å². The average molecular weight is 345 g/mol. The van der Waals surface area contributed by atoms with Gasteiger partial charge in [0.15, 0.2) is 0 Å². The van der Waals surface area contributed by atoms with Gasteiger partial charge in [-0.1, -0.05) is 6.92 Å². The highest BCUT2D eigenvalue weighted by Gasteiger charge is 2.29. The molecule has 2 heterocycles. The summed E-state index contributed by atoms with van der Waals surface area (Å²) >= 11 is 1.58. The second kappa shape index (κ2) is 6.68. The Morgan fingerprint density at radius 1 is 1.41 bits per heavy atom. The maximum absolute atomic E-state index is 12.6. The molecule has 1 aromatic rings. The first-order valence-electron chi connectivity index (χ1n) is 7.55. The fraction of sp³-hybridized carbons (Fsp3) is 0.667. The SMILES string of the molecule is CCc1sc(C(=O)N2CCC(N(C)S(C)(=O)=O)CC2)cc1C. The van der Waals surface area contributed by atoms with Crippen LogP contribution >= 0.6 is 11.3 Å². The van der Waals surface area contributed by atoms with E-state index in [-0.39, 0.29) is 11.9 Å². The summed E-state index contributed by atoms with van der Waals surface area (Å²) in [4.78, 5) is 16.5. The molecule has 2 rings (SSSR count). The molecule has 1 amide bonds. The van der Waals surface area contributed by atoms with E-state index < -0.39 is 10.0 Å². The van der Waals surface area contributed by atoms with Crippen molar-refractivity contribution < 1.29 is 13.2 Å². The largest absolute Gasteiger partial charge is 0.338 e. The first kappa shape index (κ1) is 17.4. The molecule has 1 aliphatic heterocycles. The zero-order valence-electron chi connectivity index (χ0n) is 13.6. The van der Waals surface area contributed by atoms with Gasteiger partial charge in [-0.3, -0.25) is 4.79 Å². The number of aryl methyl sites for hydroxylation is 2. The van der Waals surface area contributed by atoms with Gasteiger partial charge in [-0.25, -0.2) is 12.7 Å². The van der Waals surface area contributed by atoms with E-state index in [1.54, 1.807) is 18.4 Å². The van der Waals surface area contributed by atoms with Gasteiger partial charge in [0.25, 0.3) is 5.91 Å². The molecule has 124 valence electrons. The van der Waals surface area contributed by atoms with Crippen LogP contribution in [0.3, 0.4) is 0 Å². The van der Waals surface area contributed by atoms with Crippen molar-refractivity contribution in [2.24, 2.45) is 0 Å². The highest BCUT2D eigenvalue weighted by Crippen LogP contribution is 2.25. The normalized spacial score (nSPS) is 17.2. The van der Waals surface area contributed by atoms with E-state index in [1.165, 1.54) is 21.0 Å². The Morgan fingerprint density at radius 2 is 2.00 bits per heavy atom. The Bertz CT molecular complexity index is 644. The van der Waals surface area contributed by atoms with Crippen LogP contribution < -0.4 is 0 Å². The van der Waals surface area contributed by atoms with Gasteiger partial charge in [-0.2, -0.15) is 0 Å². The van der Waals surface area contributed by atoms with Gasteiger partial charge < -0.3 is 4.90 Å². The summed E-state index contributed by atoms with van der Waals surface area (Å²) in [6.07, 6.45) is 3.57. The number of nitrogens with zero attached hydrogens (tertiary/aromatic N) is 2. The van der Waals surface area contributed by atoms with Crippen molar-refractivity contribution in [1.82, 2.24) is 9.21 Å². The summed E-state index contributed by atoms with van der Waals surface area (Å²) in [6.45, 7) is 5.36. The molecule has 1 fully saturated rings. The third-order valence-electron chi connectivity index (χ3n) is 4.34. The Balaban J connectivity index is 2.00. The number of sulfonamides is 1. The number of carbonyl (C=O) groups is 1. The van der Waals surface area contributed by atoms with E-state index in [2.05, 4.69) is 6.92 Å². The van der Waals surface area contributed by atoms with Gasteiger partial charge in [0.1, 0.15) is 0 Å². The van der Waals surface area contributed by atoms with E-state index in [1.807, 2.05) is 17.9 Å². The van der Waals surface area contributed by atoms with E-state index in [0.29, 0.717) is 25.9 Å². The minimum atomic E-state index is -3.17. The number of likely N-dealkylation sites (tertiary alicyclic amines) is 1.